The zero-order valence-electron chi connectivity index (χ0n) is 7.59. The molecule has 0 nitrogen and oxygen atoms in total. The van der Waals surface area contributed by atoms with E-state index in [9.17, 15) is 0 Å². The molecule has 1 aromatic rings. The third-order valence-corrected chi connectivity index (χ3v) is 3.40. The first-order valence-corrected chi connectivity index (χ1v) is 5.60. The molecule has 0 atom stereocenters. The highest BCUT2D eigenvalue weighted by molar-refractivity contribution is 9.11. The van der Waals surface area contributed by atoms with Crippen molar-refractivity contribution >= 4 is 21.5 Å². The fourth-order valence-electron chi connectivity index (χ4n) is 1.81. The van der Waals surface area contributed by atoms with Crippen LogP contribution in [-0.2, 0) is 0 Å². The van der Waals surface area contributed by atoms with E-state index in [1.54, 1.807) is 0 Å². The molecule has 68 valence electrons. The summed E-state index contributed by atoms with van der Waals surface area (Å²) < 4.78 is 1.41. The van der Waals surface area contributed by atoms with Crippen LogP contribution in [0.3, 0.4) is 0 Å². The van der Waals surface area contributed by atoms with E-state index >= 15 is 0 Å². The van der Waals surface area contributed by atoms with Gasteiger partial charge in [0.05, 0.1) is 0 Å². The van der Waals surface area contributed by atoms with Crippen LogP contribution in [0.5, 0.6) is 0 Å². The van der Waals surface area contributed by atoms with Gasteiger partial charge in [-0.2, -0.15) is 0 Å². The molecular formula is C12H13Br. The van der Waals surface area contributed by atoms with Gasteiger partial charge in [-0.25, -0.2) is 0 Å². The highest BCUT2D eigenvalue weighted by atomic mass is 79.9. The molecule has 1 aliphatic rings. The molecule has 1 heteroatoms. The van der Waals surface area contributed by atoms with Gasteiger partial charge >= 0.3 is 0 Å². The number of allylic oxidation sites excluding steroid dienone is 2. The maximum absolute atomic E-state index is 3.67. The summed E-state index contributed by atoms with van der Waals surface area (Å²) in [5, 5.41) is 0. The van der Waals surface area contributed by atoms with Crippen LogP contribution >= 0.6 is 15.9 Å². The van der Waals surface area contributed by atoms with Gasteiger partial charge in [-0.1, -0.05) is 46.3 Å². The maximum Gasteiger partial charge on any atom is -0.00114 e. The Kier molecular flexibility index (Phi) is 2.84. The number of hydrogen-bond donors (Lipinski definition) is 0. The predicted molar refractivity (Wildman–Crippen MR) is 60.8 cm³/mol. The van der Waals surface area contributed by atoms with Gasteiger partial charge in [0, 0.05) is 0 Å². The number of benzene rings is 1. The largest absolute Gasteiger partial charge is 0.0622 e. The van der Waals surface area contributed by atoms with Crippen LogP contribution in [-0.4, -0.2) is 0 Å². The van der Waals surface area contributed by atoms with E-state index < -0.39 is 0 Å². The summed E-state index contributed by atoms with van der Waals surface area (Å²) in [4.78, 5) is 0. The summed E-state index contributed by atoms with van der Waals surface area (Å²) in [6.45, 7) is 0. The first-order valence-electron chi connectivity index (χ1n) is 4.81. The van der Waals surface area contributed by atoms with Crippen molar-refractivity contribution in [1.82, 2.24) is 0 Å². The average molecular weight is 237 g/mol. The van der Waals surface area contributed by atoms with Crippen LogP contribution in [0.15, 0.2) is 34.8 Å². The summed E-state index contributed by atoms with van der Waals surface area (Å²) in [6, 6.07) is 10.7. The summed E-state index contributed by atoms with van der Waals surface area (Å²) >= 11 is 3.67. The molecule has 0 unspecified atom stereocenters. The Morgan fingerprint density at radius 1 is 0.923 bits per heavy atom. The van der Waals surface area contributed by atoms with Crippen LogP contribution in [0.2, 0.25) is 0 Å². The van der Waals surface area contributed by atoms with Crippen molar-refractivity contribution in [2.45, 2.75) is 25.7 Å². The third kappa shape index (κ3) is 2.02. The second-order valence-corrected chi connectivity index (χ2v) is 4.41. The van der Waals surface area contributed by atoms with Crippen LogP contribution in [0.25, 0.3) is 5.57 Å². The van der Waals surface area contributed by atoms with Crippen molar-refractivity contribution in [3.63, 3.8) is 0 Å². The van der Waals surface area contributed by atoms with Crippen molar-refractivity contribution < 1.29 is 0 Å². The molecule has 1 aromatic carbocycles. The van der Waals surface area contributed by atoms with E-state index in [4.69, 9.17) is 0 Å². The lowest BCUT2D eigenvalue weighted by Crippen LogP contribution is -1.94. The zero-order chi connectivity index (χ0) is 9.10. The highest BCUT2D eigenvalue weighted by Crippen LogP contribution is 2.35. The molecule has 0 spiro atoms. The Hall–Kier alpha value is -0.560. The van der Waals surface area contributed by atoms with E-state index in [0.29, 0.717) is 0 Å². The second kappa shape index (κ2) is 4.10. The second-order valence-electron chi connectivity index (χ2n) is 3.46. The molecule has 13 heavy (non-hydrogen) atoms. The Morgan fingerprint density at radius 3 is 2.31 bits per heavy atom. The Bertz CT molecular complexity index is 311. The van der Waals surface area contributed by atoms with E-state index in [1.807, 2.05) is 0 Å². The van der Waals surface area contributed by atoms with Gasteiger partial charge in [-0.05, 0) is 41.3 Å². The van der Waals surface area contributed by atoms with E-state index in [2.05, 4.69) is 46.3 Å². The summed E-state index contributed by atoms with van der Waals surface area (Å²) in [6.07, 6.45) is 5.10. The van der Waals surface area contributed by atoms with Crippen LogP contribution < -0.4 is 0 Å². The fraction of sp³-hybridized carbons (Fsp3) is 0.333. The lowest BCUT2D eigenvalue weighted by atomic mass is 9.94. The zero-order valence-corrected chi connectivity index (χ0v) is 9.18. The lowest BCUT2D eigenvalue weighted by molar-refractivity contribution is 0.737. The number of halogens is 1. The minimum Gasteiger partial charge on any atom is -0.0622 e. The average Bonchev–Trinajstić information content (AvgIpc) is 2.20. The van der Waals surface area contributed by atoms with Gasteiger partial charge in [0.1, 0.15) is 0 Å². The SMILES string of the molecule is BrC1=C(c2ccccc2)CCCC1. The molecule has 1 aliphatic carbocycles. The summed E-state index contributed by atoms with van der Waals surface area (Å²) in [5.41, 5.74) is 2.89. The molecule has 0 aromatic heterocycles. The molecule has 0 saturated carbocycles. The molecular weight excluding hydrogens is 224 g/mol. The number of rotatable bonds is 1. The van der Waals surface area contributed by atoms with Gasteiger partial charge in [0.25, 0.3) is 0 Å². The molecule has 0 radical (unpaired) electrons. The first kappa shape index (κ1) is 9.01. The van der Waals surface area contributed by atoms with Crippen LogP contribution in [0.1, 0.15) is 31.2 Å². The van der Waals surface area contributed by atoms with Gasteiger partial charge < -0.3 is 0 Å². The minimum absolute atomic E-state index is 1.21. The van der Waals surface area contributed by atoms with Crippen LogP contribution in [0, 0.1) is 0 Å². The molecule has 2 rings (SSSR count). The predicted octanol–water partition coefficient (Wildman–Crippen LogP) is 4.37. The topological polar surface area (TPSA) is 0 Å². The van der Waals surface area contributed by atoms with Gasteiger partial charge in [0.2, 0.25) is 0 Å². The summed E-state index contributed by atoms with van der Waals surface area (Å²) in [5.74, 6) is 0. The van der Waals surface area contributed by atoms with Gasteiger partial charge in [0.15, 0.2) is 0 Å². The highest BCUT2D eigenvalue weighted by Gasteiger charge is 2.11. The molecule has 0 saturated heterocycles. The monoisotopic (exact) mass is 236 g/mol. The molecule has 0 N–H and O–H groups in total. The number of hydrogen-bond acceptors (Lipinski definition) is 0. The molecule has 0 aliphatic heterocycles. The van der Waals surface area contributed by atoms with Crippen molar-refractivity contribution in [3.05, 3.63) is 40.4 Å². The lowest BCUT2D eigenvalue weighted by Gasteiger charge is -2.16. The van der Waals surface area contributed by atoms with Gasteiger partial charge in [-0.15, -0.1) is 0 Å². The minimum atomic E-state index is 1.21. The molecule has 0 bridgehead atoms. The molecule has 0 fully saturated rings. The van der Waals surface area contributed by atoms with Crippen LogP contribution in [0.4, 0.5) is 0 Å². The Morgan fingerprint density at radius 2 is 1.62 bits per heavy atom. The van der Waals surface area contributed by atoms with Crippen molar-refractivity contribution in [1.29, 1.82) is 0 Å². The normalized spacial score (nSPS) is 17.6. The molecule has 0 heterocycles. The van der Waals surface area contributed by atoms with Crippen molar-refractivity contribution in [3.8, 4) is 0 Å². The standard InChI is InChI=1S/C12H13Br/c13-12-9-5-4-8-11(12)10-6-2-1-3-7-10/h1-3,6-7H,4-5,8-9H2. The van der Waals surface area contributed by atoms with Gasteiger partial charge in [-0.3, -0.25) is 0 Å². The first-order chi connectivity index (χ1) is 6.38. The van der Waals surface area contributed by atoms with E-state index in [1.165, 1.54) is 41.3 Å². The smallest absolute Gasteiger partial charge is 0.00114 e. The Labute approximate surface area is 87.8 Å². The Balaban J connectivity index is 2.35. The maximum atomic E-state index is 3.67. The van der Waals surface area contributed by atoms with Crippen molar-refractivity contribution in [2.24, 2.45) is 0 Å². The third-order valence-electron chi connectivity index (χ3n) is 2.52. The van der Waals surface area contributed by atoms with Crippen molar-refractivity contribution in [2.75, 3.05) is 0 Å². The summed E-state index contributed by atoms with van der Waals surface area (Å²) in [7, 11) is 0. The van der Waals surface area contributed by atoms with E-state index in [0.717, 1.165) is 0 Å². The fourth-order valence-corrected chi connectivity index (χ4v) is 2.52. The van der Waals surface area contributed by atoms with E-state index in [-0.39, 0.29) is 0 Å². The quantitative estimate of drug-likeness (QED) is 0.680. The molecule has 0 amide bonds.